The second kappa shape index (κ2) is 8.73. The number of nitrogens with zero attached hydrogens (tertiary/aromatic N) is 4. The number of aromatic nitrogens is 4. The molecular formula is C26H26FN5O. The fraction of sp³-hybridized carbons (Fsp3) is 0.308. The summed E-state index contributed by atoms with van der Waals surface area (Å²) < 4.78 is 16.9. The molecule has 0 radical (unpaired) electrons. The molecule has 3 heterocycles. The highest BCUT2D eigenvalue weighted by Crippen LogP contribution is 2.28. The van der Waals surface area contributed by atoms with E-state index in [2.05, 4.69) is 25.1 Å². The van der Waals surface area contributed by atoms with Crippen LogP contribution >= 0.6 is 0 Å². The van der Waals surface area contributed by atoms with E-state index >= 15 is 0 Å². The maximum absolute atomic E-state index is 14.7. The predicted octanol–water partition coefficient (Wildman–Crippen LogP) is 5.73. The third-order valence-electron chi connectivity index (χ3n) is 6.15. The first-order valence-corrected chi connectivity index (χ1v) is 11.4. The summed E-state index contributed by atoms with van der Waals surface area (Å²) in [5.41, 5.74) is 2.89. The lowest BCUT2D eigenvalue weighted by Crippen LogP contribution is -2.15. The van der Waals surface area contributed by atoms with Gasteiger partial charge in [0.2, 0.25) is 0 Å². The van der Waals surface area contributed by atoms with Crippen molar-refractivity contribution in [2.24, 2.45) is 0 Å². The van der Waals surface area contributed by atoms with Crippen molar-refractivity contribution >= 4 is 22.5 Å². The fourth-order valence-electron chi connectivity index (χ4n) is 4.33. The van der Waals surface area contributed by atoms with Crippen molar-refractivity contribution < 1.29 is 9.18 Å². The van der Waals surface area contributed by atoms with E-state index in [0.29, 0.717) is 11.4 Å². The summed E-state index contributed by atoms with van der Waals surface area (Å²) in [6.45, 7) is 4.91. The summed E-state index contributed by atoms with van der Waals surface area (Å²) in [4.78, 5) is 18.0. The van der Waals surface area contributed by atoms with Crippen molar-refractivity contribution in [3.8, 4) is 11.4 Å². The van der Waals surface area contributed by atoms with Gasteiger partial charge in [-0.15, -0.1) is 10.2 Å². The molecule has 168 valence electrons. The minimum absolute atomic E-state index is 0.121. The number of hydrogen-bond donors (Lipinski definition) is 1. The Balaban J connectivity index is 1.51. The second-order valence-corrected chi connectivity index (χ2v) is 8.82. The van der Waals surface area contributed by atoms with Crippen molar-refractivity contribution in [2.45, 2.75) is 52.0 Å². The third-order valence-corrected chi connectivity index (χ3v) is 6.15. The lowest BCUT2D eigenvalue weighted by molar-refractivity contribution is 0.102. The molecule has 1 aliphatic heterocycles. The van der Waals surface area contributed by atoms with E-state index < -0.39 is 5.82 Å². The van der Waals surface area contributed by atoms with Gasteiger partial charge in [-0.1, -0.05) is 38.5 Å². The summed E-state index contributed by atoms with van der Waals surface area (Å²) in [5, 5.41) is 12.2. The molecule has 0 atom stereocenters. The number of fused-ring (bicyclic) bond motifs is 2. The Hall–Kier alpha value is -3.61. The number of benzene rings is 2. The summed E-state index contributed by atoms with van der Waals surface area (Å²) in [6, 6.07) is 14.0. The highest BCUT2D eigenvalue weighted by Gasteiger charge is 2.19. The molecule has 0 aliphatic carbocycles. The van der Waals surface area contributed by atoms with Crippen LogP contribution in [0.15, 0.2) is 48.5 Å². The molecule has 33 heavy (non-hydrogen) atoms. The van der Waals surface area contributed by atoms with E-state index in [1.54, 1.807) is 18.2 Å². The molecule has 1 amide bonds. The van der Waals surface area contributed by atoms with E-state index in [1.807, 2.05) is 38.1 Å². The number of anilines is 1. The molecule has 0 fully saturated rings. The quantitative estimate of drug-likeness (QED) is 0.437. The highest BCUT2D eigenvalue weighted by atomic mass is 19.1. The molecule has 4 aromatic rings. The molecule has 0 saturated heterocycles. The van der Waals surface area contributed by atoms with Gasteiger partial charge in [0.25, 0.3) is 5.91 Å². The van der Waals surface area contributed by atoms with E-state index in [-0.39, 0.29) is 17.5 Å². The third kappa shape index (κ3) is 4.11. The number of pyridine rings is 1. The van der Waals surface area contributed by atoms with Crippen LogP contribution in [0.1, 0.15) is 60.9 Å². The van der Waals surface area contributed by atoms with Gasteiger partial charge in [-0.25, -0.2) is 4.39 Å². The number of amides is 1. The van der Waals surface area contributed by atoms with Gasteiger partial charge in [0, 0.05) is 29.6 Å². The summed E-state index contributed by atoms with van der Waals surface area (Å²) in [5.74, 6) is 0.960. The smallest absolute Gasteiger partial charge is 0.256 e. The van der Waals surface area contributed by atoms with Crippen molar-refractivity contribution in [3.63, 3.8) is 0 Å². The summed E-state index contributed by atoms with van der Waals surface area (Å²) in [7, 11) is 0. The van der Waals surface area contributed by atoms with Crippen LogP contribution < -0.4 is 5.32 Å². The van der Waals surface area contributed by atoms with Gasteiger partial charge in [-0.2, -0.15) is 0 Å². The minimum Gasteiger partial charge on any atom is -0.319 e. The molecule has 7 heteroatoms. The van der Waals surface area contributed by atoms with E-state index in [1.165, 1.54) is 6.07 Å². The zero-order chi connectivity index (χ0) is 22.9. The van der Waals surface area contributed by atoms with Crippen LogP contribution in [0, 0.1) is 5.82 Å². The Bertz CT molecular complexity index is 1340. The Morgan fingerprint density at radius 1 is 1.06 bits per heavy atom. The Morgan fingerprint density at radius 3 is 2.76 bits per heavy atom. The highest BCUT2D eigenvalue weighted by molar-refractivity contribution is 6.12. The van der Waals surface area contributed by atoms with Crippen LogP contribution in [0.2, 0.25) is 0 Å². The Kier molecular flexibility index (Phi) is 5.62. The van der Waals surface area contributed by atoms with Gasteiger partial charge in [0.1, 0.15) is 11.6 Å². The van der Waals surface area contributed by atoms with Crippen molar-refractivity contribution in [1.29, 1.82) is 0 Å². The number of aryl methyl sites for hydroxylation is 1. The monoisotopic (exact) mass is 443 g/mol. The number of carbonyl (C=O) groups excluding carboxylic acids is 1. The Morgan fingerprint density at radius 2 is 1.91 bits per heavy atom. The van der Waals surface area contributed by atoms with Crippen LogP contribution in [0.3, 0.4) is 0 Å². The standard InChI is InChI=1S/C26H26FN5O/c1-16(2)22-15-19(18-8-5-6-9-21(18)28-22)26(33)29-23-14-17(11-12-20(23)27)25-31-30-24-10-4-3-7-13-32(24)25/h5-6,8-9,11-12,14-16H,3-4,7,10,13H2,1-2H3,(H,29,33). The van der Waals surface area contributed by atoms with Gasteiger partial charge >= 0.3 is 0 Å². The predicted molar refractivity (Wildman–Crippen MR) is 127 cm³/mol. The number of rotatable bonds is 4. The van der Waals surface area contributed by atoms with Gasteiger partial charge in [-0.3, -0.25) is 9.78 Å². The number of nitrogens with one attached hydrogen (secondary N) is 1. The van der Waals surface area contributed by atoms with E-state index in [0.717, 1.165) is 60.2 Å². The molecule has 0 bridgehead atoms. The Labute approximate surface area is 191 Å². The first-order chi connectivity index (χ1) is 16.0. The molecule has 0 saturated carbocycles. The van der Waals surface area contributed by atoms with Crippen molar-refractivity contribution in [3.05, 3.63) is 71.4 Å². The van der Waals surface area contributed by atoms with Crippen LogP contribution in [0.4, 0.5) is 10.1 Å². The maximum atomic E-state index is 14.7. The molecule has 2 aromatic carbocycles. The normalized spacial score (nSPS) is 13.7. The van der Waals surface area contributed by atoms with Gasteiger partial charge in [0.05, 0.1) is 16.8 Å². The second-order valence-electron chi connectivity index (χ2n) is 8.82. The molecule has 6 nitrogen and oxygen atoms in total. The van der Waals surface area contributed by atoms with E-state index in [9.17, 15) is 9.18 Å². The summed E-state index contributed by atoms with van der Waals surface area (Å²) in [6.07, 6.45) is 4.22. The molecule has 0 spiro atoms. The number of hydrogen-bond acceptors (Lipinski definition) is 4. The lowest BCUT2D eigenvalue weighted by atomic mass is 10.0. The van der Waals surface area contributed by atoms with Gasteiger partial charge < -0.3 is 9.88 Å². The van der Waals surface area contributed by atoms with Crippen LogP contribution in [-0.2, 0) is 13.0 Å². The molecule has 1 N–H and O–H groups in total. The molecule has 2 aromatic heterocycles. The number of para-hydroxylation sites is 1. The first kappa shape index (κ1) is 21.2. The van der Waals surface area contributed by atoms with Crippen LogP contribution in [0.25, 0.3) is 22.3 Å². The molecule has 1 aliphatic rings. The molecule has 0 unspecified atom stereocenters. The van der Waals surface area contributed by atoms with Gasteiger partial charge in [0.15, 0.2) is 5.82 Å². The first-order valence-electron chi connectivity index (χ1n) is 11.4. The SMILES string of the molecule is CC(C)c1cc(C(=O)Nc2cc(-c3nnc4n3CCCCC4)ccc2F)c2ccccc2n1. The van der Waals surface area contributed by atoms with Crippen molar-refractivity contribution in [1.82, 2.24) is 19.7 Å². The number of halogens is 1. The zero-order valence-corrected chi connectivity index (χ0v) is 18.8. The average Bonchev–Trinajstić information content (AvgIpc) is 3.07. The van der Waals surface area contributed by atoms with Crippen LogP contribution in [-0.4, -0.2) is 25.7 Å². The number of carbonyl (C=O) groups is 1. The largest absolute Gasteiger partial charge is 0.319 e. The average molecular weight is 444 g/mol. The fourth-order valence-corrected chi connectivity index (χ4v) is 4.33. The maximum Gasteiger partial charge on any atom is 0.256 e. The topological polar surface area (TPSA) is 72.7 Å². The lowest BCUT2D eigenvalue weighted by Gasteiger charge is -2.13. The minimum atomic E-state index is -0.495. The van der Waals surface area contributed by atoms with Gasteiger partial charge in [-0.05, 0) is 49.1 Å². The summed E-state index contributed by atoms with van der Waals surface area (Å²) >= 11 is 0. The van der Waals surface area contributed by atoms with Crippen molar-refractivity contribution in [2.75, 3.05) is 5.32 Å². The van der Waals surface area contributed by atoms with Crippen LogP contribution in [0.5, 0.6) is 0 Å². The molecule has 5 rings (SSSR count). The van der Waals surface area contributed by atoms with E-state index in [4.69, 9.17) is 0 Å². The molecular weight excluding hydrogens is 417 g/mol. The zero-order valence-electron chi connectivity index (χ0n) is 18.8.